The minimum atomic E-state index is -4.47. The summed E-state index contributed by atoms with van der Waals surface area (Å²) in [6, 6.07) is 3.37. The lowest BCUT2D eigenvalue weighted by Gasteiger charge is -2.12. The van der Waals surface area contributed by atoms with Crippen LogP contribution in [0.25, 0.3) is 0 Å². The number of nitrogens with two attached hydrogens (primary N) is 2. The summed E-state index contributed by atoms with van der Waals surface area (Å²) < 4.78 is 38.3. The van der Waals surface area contributed by atoms with Crippen LogP contribution in [0.15, 0.2) is 18.2 Å². The Hall–Kier alpha value is -1.60. The first-order valence-corrected chi connectivity index (χ1v) is 7.28. The van der Waals surface area contributed by atoms with Crippen LogP contribution in [0.4, 0.5) is 18.9 Å². The van der Waals surface area contributed by atoms with Crippen molar-refractivity contribution in [2.75, 3.05) is 11.9 Å². The van der Waals surface area contributed by atoms with Crippen LogP contribution in [0.3, 0.4) is 0 Å². The van der Waals surface area contributed by atoms with Crippen molar-refractivity contribution < 1.29 is 18.0 Å². The number of alkyl halides is 3. The molecule has 1 aromatic rings. The second-order valence-electron chi connectivity index (χ2n) is 5.12. The summed E-state index contributed by atoms with van der Waals surface area (Å²) in [5, 5.41) is 2.50. The quantitative estimate of drug-likeness (QED) is 0.645. The molecule has 7 heteroatoms. The molecule has 0 saturated heterocycles. The van der Waals surface area contributed by atoms with Gasteiger partial charge in [0.05, 0.1) is 5.56 Å². The minimum absolute atomic E-state index is 0.0219. The van der Waals surface area contributed by atoms with Crippen molar-refractivity contribution in [3.8, 4) is 0 Å². The number of anilines is 1. The van der Waals surface area contributed by atoms with Crippen LogP contribution in [-0.2, 0) is 17.5 Å². The number of hydrogen-bond donors (Lipinski definition) is 3. The van der Waals surface area contributed by atoms with E-state index >= 15 is 0 Å². The minimum Gasteiger partial charge on any atom is -0.330 e. The third-order valence-corrected chi connectivity index (χ3v) is 3.20. The summed E-state index contributed by atoms with van der Waals surface area (Å²) in [7, 11) is 0. The molecule has 0 atom stereocenters. The number of carbonyl (C=O) groups excluding carboxylic acids is 1. The summed E-state index contributed by atoms with van der Waals surface area (Å²) in [5.74, 6) is -0.296. The zero-order chi connectivity index (χ0) is 16.6. The van der Waals surface area contributed by atoms with Crippen LogP contribution >= 0.6 is 0 Å². The lowest BCUT2D eigenvalue weighted by molar-refractivity contribution is -0.137. The standard InChI is InChI=1S/C15H22F3N3O/c16-15(17,18)12-7-11(10-20)8-13(9-12)21-14(22)5-3-1-2-4-6-19/h7-9H,1-6,10,19-20H2,(H,21,22). The first-order chi connectivity index (χ1) is 10.4. The first kappa shape index (κ1) is 18.4. The van der Waals surface area contributed by atoms with E-state index < -0.39 is 11.7 Å². The number of unbranched alkanes of at least 4 members (excludes halogenated alkanes) is 3. The second-order valence-corrected chi connectivity index (χ2v) is 5.12. The molecule has 0 aliphatic rings. The number of rotatable bonds is 8. The van der Waals surface area contributed by atoms with Gasteiger partial charge in [-0.3, -0.25) is 4.79 Å². The molecule has 0 aliphatic heterocycles. The van der Waals surface area contributed by atoms with Crippen molar-refractivity contribution >= 4 is 11.6 Å². The molecular weight excluding hydrogens is 295 g/mol. The maximum absolute atomic E-state index is 12.8. The molecule has 22 heavy (non-hydrogen) atoms. The number of halogens is 3. The van der Waals surface area contributed by atoms with E-state index in [2.05, 4.69) is 5.32 Å². The van der Waals surface area contributed by atoms with Crippen LogP contribution in [-0.4, -0.2) is 12.5 Å². The fourth-order valence-electron chi connectivity index (χ4n) is 2.05. The van der Waals surface area contributed by atoms with Gasteiger partial charge in [0, 0.05) is 18.7 Å². The highest BCUT2D eigenvalue weighted by molar-refractivity contribution is 5.90. The average Bonchev–Trinajstić information content (AvgIpc) is 2.45. The van der Waals surface area contributed by atoms with Gasteiger partial charge in [-0.2, -0.15) is 13.2 Å². The molecular formula is C15H22F3N3O. The fraction of sp³-hybridized carbons (Fsp3) is 0.533. The maximum atomic E-state index is 12.8. The van der Waals surface area contributed by atoms with Crippen LogP contribution < -0.4 is 16.8 Å². The molecule has 0 heterocycles. The van der Waals surface area contributed by atoms with Gasteiger partial charge >= 0.3 is 6.18 Å². The number of nitrogens with one attached hydrogen (secondary N) is 1. The van der Waals surface area contributed by atoms with Gasteiger partial charge in [-0.05, 0) is 43.1 Å². The Balaban J connectivity index is 2.62. The number of hydrogen-bond acceptors (Lipinski definition) is 3. The predicted molar refractivity (Wildman–Crippen MR) is 80.1 cm³/mol. The highest BCUT2D eigenvalue weighted by Crippen LogP contribution is 2.32. The molecule has 1 amide bonds. The normalized spacial score (nSPS) is 11.5. The molecule has 0 saturated carbocycles. The van der Waals surface area contributed by atoms with Crippen LogP contribution in [0.5, 0.6) is 0 Å². The SMILES string of the molecule is NCCCCCCC(=O)Nc1cc(CN)cc(C(F)(F)F)c1. The highest BCUT2D eigenvalue weighted by atomic mass is 19.4. The Labute approximate surface area is 128 Å². The third-order valence-electron chi connectivity index (χ3n) is 3.20. The van der Waals surface area contributed by atoms with Crippen LogP contribution in [0, 0.1) is 0 Å². The van der Waals surface area contributed by atoms with E-state index in [4.69, 9.17) is 11.5 Å². The van der Waals surface area contributed by atoms with E-state index in [1.807, 2.05) is 0 Å². The number of benzene rings is 1. The second kappa shape index (κ2) is 8.75. The predicted octanol–water partition coefficient (Wildman–Crippen LogP) is 3.01. The van der Waals surface area contributed by atoms with Gasteiger partial charge < -0.3 is 16.8 Å². The molecule has 5 N–H and O–H groups in total. The van der Waals surface area contributed by atoms with E-state index in [0.717, 1.165) is 31.4 Å². The van der Waals surface area contributed by atoms with Crippen molar-refractivity contribution in [2.45, 2.75) is 44.8 Å². The smallest absolute Gasteiger partial charge is 0.330 e. The molecule has 0 fully saturated rings. The van der Waals surface area contributed by atoms with E-state index in [1.54, 1.807) is 0 Å². The summed E-state index contributed by atoms with van der Waals surface area (Å²) in [5.41, 5.74) is 10.4. The maximum Gasteiger partial charge on any atom is 0.416 e. The van der Waals surface area contributed by atoms with Gasteiger partial charge in [0.25, 0.3) is 0 Å². The fourth-order valence-corrected chi connectivity index (χ4v) is 2.05. The van der Waals surface area contributed by atoms with Gasteiger partial charge in [0.2, 0.25) is 5.91 Å². The van der Waals surface area contributed by atoms with Crippen LogP contribution in [0.1, 0.15) is 43.2 Å². The zero-order valence-corrected chi connectivity index (χ0v) is 12.4. The Morgan fingerprint density at radius 2 is 1.73 bits per heavy atom. The summed E-state index contributed by atoms with van der Waals surface area (Å²) >= 11 is 0. The van der Waals surface area contributed by atoms with Gasteiger partial charge in [0.1, 0.15) is 0 Å². The molecule has 0 bridgehead atoms. The van der Waals surface area contributed by atoms with Gasteiger partial charge in [-0.25, -0.2) is 0 Å². The lowest BCUT2D eigenvalue weighted by Crippen LogP contribution is -2.14. The zero-order valence-electron chi connectivity index (χ0n) is 12.4. The van der Waals surface area contributed by atoms with E-state index in [9.17, 15) is 18.0 Å². The number of carbonyl (C=O) groups is 1. The molecule has 0 radical (unpaired) electrons. The van der Waals surface area contributed by atoms with Crippen molar-refractivity contribution in [3.63, 3.8) is 0 Å². The van der Waals surface area contributed by atoms with E-state index in [-0.39, 0.29) is 24.6 Å². The summed E-state index contributed by atoms with van der Waals surface area (Å²) in [6.45, 7) is 0.601. The van der Waals surface area contributed by atoms with Crippen LogP contribution in [0.2, 0.25) is 0 Å². The summed E-state index contributed by atoms with van der Waals surface area (Å²) in [6.07, 6.45) is -0.763. The molecule has 0 aliphatic carbocycles. The van der Waals surface area contributed by atoms with Gasteiger partial charge in [-0.15, -0.1) is 0 Å². The topological polar surface area (TPSA) is 81.1 Å². The van der Waals surface area contributed by atoms with Crippen molar-refractivity contribution in [1.29, 1.82) is 0 Å². The van der Waals surface area contributed by atoms with Crippen molar-refractivity contribution in [1.82, 2.24) is 0 Å². The Bertz CT molecular complexity index is 489. The summed E-state index contributed by atoms with van der Waals surface area (Å²) in [4.78, 5) is 11.8. The lowest BCUT2D eigenvalue weighted by atomic mass is 10.1. The average molecular weight is 317 g/mol. The van der Waals surface area contributed by atoms with Crippen molar-refractivity contribution in [3.05, 3.63) is 29.3 Å². The monoisotopic (exact) mass is 317 g/mol. The van der Waals surface area contributed by atoms with Gasteiger partial charge in [0.15, 0.2) is 0 Å². The number of amides is 1. The van der Waals surface area contributed by atoms with E-state index in [0.29, 0.717) is 18.5 Å². The molecule has 4 nitrogen and oxygen atoms in total. The Morgan fingerprint density at radius 1 is 1.05 bits per heavy atom. The molecule has 0 spiro atoms. The van der Waals surface area contributed by atoms with Gasteiger partial charge in [-0.1, -0.05) is 12.8 Å². The Morgan fingerprint density at radius 3 is 2.32 bits per heavy atom. The molecule has 0 unspecified atom stereocenters. The Kier molecular flexibility index (Phi) is 7.34. The highest BCUT2D eigenvalue weighted by Gasteiger charge is 2.31. The third kappa shape index (κ3) is 6.44. The molecule has 1 aromatic carbocycles. The molecule has 124 valence electrons. The van der Waals surface area contributed by atoms with Crippen molar-refractivity contribution in [2.24, 2.45) is 11.5 Å². The van der Waals surface area contributed by atoms with E-state index in [1.165, 1.54) is 6.07 Å². The first-order valence-electron chi connectivity index (χ1n) is 7.28. The molecule has 0 aromatic heterocycles. The largest absolute Gasteiger partial charge is 0.416 e. The molecule has 1 rings (SSSR count).